The Morgan fingerprint density at radius 3 is 2.73 bits per heavy atom. The molecule has 1 heterocycles. The number of hydrogen-bond donors (Lipinski definition) is 1. The molecule has 1 atom stereocenters. The van der Waals surface area contributed by atoms with Crippen LogP contribution in [-0.2, 0) is 0 Å². The molecule has 0 aromatic carbocycles. The van der Waals surface area contributed by atoms with E-state index < -0.39 is 0 Å². The van der Waals surface area contributed by atoms with Crippen molar-refractivity contribution in [3.8, 4) is 0 Å². The van der Waals surface area contributed by atoms with Gasteiger partial charge in [0.15, 0.2) is 0 Å². The second kappa shape index (κ2) is 2.80. The monoisotopic (exact) mass is 153 g/mol. The molecule has 1 fully saturated rings. The van der Waals surface area contributed by atoms with Crippen LogP contribution in [0.5, 0.6) is 0 Å². The van der Waals surface area contributed by atoms with Gasteiger partial charge in [0, 0.05) is 18.5 Å². The van der Waals surface area contributed by atoms with E-state index in [4.69, 9.17) is 5.21 Å². The first-order valence-electron chi connectivity index (χ1n) is 3.84. The summed E-state index contributed by atoms with van der Waals surface area (Å²) in [4.78, 5) is 0. The predicted octanol–water partition coefficient (Wildman–Crippen LogP) is 1.83. The van der Waals surface area contributed by atoms with Crippen LogP contribution in [0, 0.1) is 5.41 Å². The maximum absolute atomic E-state index is 9.17. The average molecular weight is 153 g/mol. The Balaban J connectivity index is 2.68. The van der Waals surface area contributed by atoms with Crippen molar-refractivity contribution in [1.29, 1.82) is 0 Å². The van der Waals surface area contributed by atoms with Crippen LogP contribution in [0.4, 0.5) is 0 Å². The van der Waals surface area contributed by atoms with E-state index in [9.17, 15) is 0 Å². The van der Waals surface area contributed by atoms with Crippen molar-refractivity contribution in [3.05, 3.63) is 24.8 Å². The molecule has 0 spiro atoms. The fourth-order valence-electron chi connectivity index (χ4n) is 1.45. The highest BCUT2D eigenvalue weighted by atomic mass is 16.5. The Kier molecular flexibility index (Phi) is 2.16. The van der Waals surface area contributed by atoms with Gasteiger partial charge in [0.2, 0.25) is 0 Å². The lowest BCUT2D eigenvalue weighted by Gasteiger charge is -2.23. The van der Waals surface area contributed by atoms with Gasteiger partial charge in [0.25, 0.3) is 0 Å². The van der Waals surface area contributed by atoms with Crippen LogP contribution in [0.2, 0.25) is 0 Å². The first-order valence-corrected chi connectivity index (χ1v) is 3.84. The molecule has 11 heavy (non-hydrogen) atoms. The Morgan fingerprint density at radius 1 is 1.73 bits per heavy atom. The highest BCUT2D eigenvalue weighted by Crippen LogP contribution is 2.35. The van der Waals surface area contributed by atoms with Crippen molar-refractivity contribution >= 4 is 0 Å². The van der Waals surface area contributed by atoms with E-state index >= 15 is 0 Å². The fourth-order valence-corrected chi connectivity index (χ4v) is 1.45. The summed E-state index contributed by atoms with van der Waals surface area (Å²) in [6.07, 6.45) is 2.74. The van der Waals surface area contributed by atoms with Gasteiger partial charge in [-0.05, 0) is 12.0 Å². The standard InChI is InChI=1S/C9H15NO/c1-4-8(2)9(3)5-6-10(11)7-9/h4,11H,1-2,5-7H2,3H3/t9-/m1/s1. The Morgan fingerprint density at radius 2 is 2.36 bits per heavy atom. The van der Waals surface area contributed by atoms with Crippen molar-refractivity contribution in [2.75, 3.05) is 13.1 Å². The van der Waals surface area contributed by atoms with Gasteiger partial charge < -0.3 is 5.21 Å². The Hall–Kier alpha value is -0.600. The van der Waals surface area contributed by atoms with Crippen LogP contribution in [0.1, 0.15) is 13.3 Å². The quantitative estimate of drug-likeness (QED) is 0.612. The van der Waals surface area contributed by atoms with Gasteiger partial charge in [-0.25, -0.2) is 0 Å². The summed E-state index contributed by atoms with van der Waals surface area (Å²) >= 11 is 0. The molecule has 0 radical (unpaired) electrons. The summed E-state index contributed by atoms with van der Waals surface area (Å²) in [6.45, 7) is 11.1. The zero-order chi connectivity index (χ0) is 8.48. The minimum absolute atomic E-state index is 0.0382. The van der Waals surface area contributed by atoms with Gasteiger partial charge in [0.05, 0.1) is 0 Å². The molecule has 62 valence electrons. The molecule has 0 saturated carbocycles. The first kappa shape index (κ1) is 8.50. The van der Waals surface area contributed by atoms with Crippen LogP contribution in [0.25, 0.3) is 0 Å². The van der Waals surface area contributed by atoms with Crippen LogP contribution in [-0.4, -0.2) is 23.4 Å². The van der Waals surface area contributed by atoms with Gasteiger partial charge in [-0.15, -0.1) is 0 Å². The zero-order valence-corrected chi connectivity index (χ0v) is 7.01. The molecular weight excluding hydrogens is 138 g/mol. The summed E-state index contributed by atoms with van der Waals surface area (Å²) in [6, 6.07) is 0. The highest BCUT2D eigenvalue weighted by molar-refractivity contribution is 5.22. The summed E-state index contributed by atoms with van der Waals surface area (Å²) in [5, 5.41) is 10.5. The van der Waals surface area contributed by atoms with E-state index in [2.05, 4.69) is 20.1 Å². The maximum atomic E-state index is 9.17. The Bertz CT molecular complexity index is 188. The van der Waals surface area contributed by atoms with Gasteiger partial charge in [0.1, 0.15) is 0 Å². The second-order valence-corrected chi connectivity index (χ2v) is 3.43. The minimum Gasteiger partial charge on any atom is -0.314 e. The number of hydroxylamine groups is 2. The highest BCUT2D eigenvalue weighted by Gasteiger charge is 2.34. The van der Waals surface area contributed by atoms with E-state index in [1.165, 1.54) is 5.06 Å². The molecule has 0 bridgehead atoms. The lowest BCUT2D eigenvalue weighted by Crippen LogP contribution is -2.23. The van der Waals surface area contributed by atoms with Crippen molar-refractivity contribution in [3.63, 3.8) is 0 Å². The molecule has 0 aromatic heterocycles. The van der Waals surface area contributed by atoms with Crippen LogP contribution in [0.3, 0.4) is 0 Å². The van der Waals surface area contributed by atoms with Crippen molar-refractivity contribution in [2.45, 2.75) is 13.3 Å². The number of rotatable bonds is 2. The molecule has 1 aliphatic heterocycles. The molecule has 0 unspecified atom stereocenters. The van der Waals surface area contributed by atoms with Gasteiger partial charge >= 0.3 is 0 Å². The molecule has 1 rings (SSSR count). The third kappa shape index (κ3) is 1.52. The third-order valence-electron chi connectivity index (χ3n) is 2.47. The fraction of sp³-hybridized carbons (Fsp3) is 0.556. The molecule has 0 aliphatic carbocycles. The van der Waals surface area contributed by atoms with Gasteiger partial charge in [-0.1, -0.05) is 26.2 Å². The molecule has 1 saturated heterocycles. The smallest absolute Gasteiger partial charge is 0.0332 e. The van der Waals surface area contributed by atoms with E-state index in [1.54, 1.807) is 6.08 Å². The SMILES string of the molecule is C=CC(=C)[C@]1(C)CCN(O)C1. The number of hydrogen-bond acceptors (Lipinski definition) is 2. The maximum Gasteiger partial charge on any atom is 0.0332 e. The first-order chi connectivity index (χ1) is 5.08. The summed E-state index contributed by atoms with van der Waals surface area (Å²) < 4.78 is 0. The molecule has 2 heteroatoms. The van der Waals surface area contributed by atoms with Gasteiger partial charge in [-0.3, -0.25) is 0 Å². The summed E-state index contributed by atoms with van der Waals surface area (Å²) in [5.41, 5.74) is 1.06. The second-order valence-electron chi connectivity index (χ2n) is 3.43. The molecule has 0 aromatic rings. The normalized spacial score (nSPS) is 32.2. The van der Waals surface area contributed by atoms with Crippen LogP contribution >= 0.6 is 0 Å². The molecule has 0 amide bonds. The van der Waals surface area contributed by atoms with E-state index in [0.717, 1.165) is 18.5 Å². The van der Waals surface area contributed by atoms with E-state index in [1.807, 2.05) is 0 Å². The molecule has 1 N–H and O–H groups in total. The molecule has 1 aliphatic rings. The van der Waals surface area contributed by atoms with E-state index in [-0.39, 0.29) is 5.41 Å². The van der Waals surface area contributed by atoms with Crippen molar-refractivity contribution in [2.24, 2.45) is 5.41 Å². The summed E-state index contributed by atoms with van der Waals surface area (Å²) in [5.74, 6) is 0. The summed E-state index contributed by atoms with van der Waals surface area (Å²) in [7, 11) is 0. The topological polar surface area (TPSA) is 23.5 Å². The largest absolute Gasteiger partial charge is 0.314 e. The average Bonchev–Trinajstić information content (AvgIpc) is 2.31. The Labute approximate surface area is 67.8 Å². The van der Waals surface area contributed by atoms with Crippen molar-refractivity contribution < 1.29 is 5.21 Å². The third-order valence-corrected chi connectivity index (χ3v) is 2.47. The lowest BCUT2D eigenvalue weighted by atomic mass is 9.82. The van der Waals surface area contributed by atoms with Crippen LogP contribution in [0.15, 0.2) is 24.8 Å². The van der Waals surface area contributed by atoms with Crippen molar-refractivity contribution in [1.82, 2.24) is 5.06 Å². The minimum atomic E-state index is 0.0382. The molecule has 2 nitrogen and oxygen atoms in total. The molecular formula is C9H15NO. The zero-order valence-electron chi connectivity index (χ0n) is 7.01. The van der Waals surface area contributed by atoms with Gasteiger partial charge in [-0.2, -0.15) is 5.06 Å². The number of allylic oxidation sites excluding steroid dienone is 1. The van der Waals surface area contributed by atoms with Crippen LogP contribution < -0.4 is 0 Å². The van der Waals surface area contributed by atoms with E-state index in [0.29, 0.717) is 6.54 Å². The number of nitrogens with zero attached hydrogens (tertiary/aromatic N) is 1. The predicted molar refractivity (Wildman–Crippen MR) is 45.4 cm³/mol. The lowest BCUT2D eigenvalue weighted by molar-refractivity contribution is -0.0742.